The number of hydrogen-bond acceptors (Lipinski definition) is 0. The van der Waals surface area contributed by atoms with Gasteiger partial charge in [0.15, 0.2) is 0 Å². The van der Waals surface area contributed by atoms with Crippen molar-refractivity contribution in [2.75, 3.05) is 0 Å². The molecule has 0 nitrogen and oxygen atoms in total. The summed E-state index contributed by atoms with van der Waals surface area (Å²) in [5.41, 5.74) is 11.4. The van der Waals surface area contributed by atoms with E-state index in [4.69, 9.17) is 0 Å². The molecule has 4 aromatic rings. The first-order valence-electron chi connectivity index (χ1n) is 9.59. The average Bonchev–Trinajstić information content (AvgIpc) is 3.38. The fourth-order valence-electron chi connectivity index (χ4n) is 5.32. The molecule has 0 saturated heterocycles. The van der Waals surface area contributed by atoms with Crippen molar-refractivity contribution in [1.29, 1.82) is 0 Å². The third-order valence-corrected chi connectivity index (χ3v) is 6.40. The fraction of sp³-hybridized carbons (Fsp3) is 0.0370. The van der Waals surface area contributed by atoms with E-state index in [9.17, 15) is 0 Å². The molecule has 4 aromatic carbocycles. The molecule has 0 bridgehead atoms. The van der Waals surface area contributed by atoms with E-state index in [1.165, 1.54) is 65.4 Å². The number of hydrogen-bond donors (Lipinski definition) is 0. The highest BCUT2D eigenvalue weighted by Gasteiger charge is 2.28. The summed E-state index contributed by atoms with van der Waals surface area (Å²) < 4.78 is 0. The van der Waals surface area contributed by atoms with Gasteiger partial charge in [0.05, 0.1) is 0 Å². The van der Waals surface area contributed by atoms with Gasteiger partial charge in [-0.1, -0.05) is 72.8 Å². The molecule has 27 heavy (non-hydrogen) atoms. The Labute approximate surface area is 157 Å². The van der Waals surface area contributed by atoms with Crippen LogP contribution in [0.1, 0.15) is 22.3 Å². The standard InChI is InChI=1S/C27H16/c1-4-10-19-16(7-1)13-22-23-14-17-8-2-5-11-20(17)26(23)27-21-12-6-3-9-18(21)15-24(27)25(19)22/h1-13,15H,14H2. The Kier molecular flexibility index (Phi) is 2.38. The second-order valence-corrected chi connectivity index (χ2v) is 7.73. The summed E-state index contributed by atoms with van der Waals surface area (Å²) >= 11 is 0. The van der Waals surface area contributed by atoms with Crippen LogP contribution in [0.3, 0.4) is 0 Å². The molecule has 0 heterocycles. The van der Waals surface area contributed by atoms with Crippen LogP contribution in [-0.4, -0.2) is 0 Å². The van der Waals surface area contributed by atoms with Gasteiger partial charge in [-0.2, -0.15) is 0 Å². The van der Waals surface area contributed by atoms with Crippen molar-refractivity contribution in [3.63, 3.8) is 0 Å². The summed E-state index contributed by atoms with van der Waals surface area (Å²) in [6.45, 7) is 0. The van der Waals surface area contributed by atoms with Gasteiger partial charge in [-0.3, -0.25) is 0 Å². The average molecular weight is 340 g/mol. The van der Waals surface area contributed by atoms with Crippen LogP contribution < -0.4 is 10.4 Å². The van der Waals surface area contributed by atoms with Crippen molar-refractivity contribution >= 4 is 12.2 Å². The van der Waals surface area contributed by atoms with Gasteiger partial charge in [0.25, 0.3) is 0 Å². The minimum atomic E-state index is 1.04. The van der Waals surface area contributed by atoms with Crippen LogP contribution in [0.4, 0.5) is 0 Å². The number of rotatable bonds is 0. The minimum Gasteiger partial charge on any atom is -0.0619 e. The van der Waals surface area contributed by atoms with Crippen LogP contribution in [-0.2, 0) is 6.42 Å². The summed E-state index contributed by atoms with van der Waals surface area (Å²) in [5, 5.41) is 5.60. The second-order valence-electron chi connectivity index (χ2n) is 7.73. The maximum atomic E-state index is 2.41. The molecule has 124 valence electrons. The molecule has 0 saturated carbocycles. The van der Waals surface area contributed by atoms with Gasteiger partial charge in [0.1, 0.15) is 0 Å². The van der Waals surface area contributed by atoms with Crippen LogP contribution in [0, 0.1) is 10.4 Å². The molecule has 3 aliphatic carbocycles. The molecule has 0 N–H and O–H groups in total. The Bertz CT molecular complexity index is 1530. The molecular formula is C27H16. The van der Waals surface area contributed by atoms with E-state index >= 15 is 0 Å². The van der Waals surface area contributed by atoms with E-state index in [1.807, 2.05) is 0 Å². The van der Waals surface area contributed by atoms with E-state index in [2.05, 4.69) is 84.9 Å². The monoisotopic (exact) mass is 340 g/mol. The van der Waals surface area contributed by atoms with Gasteiger partial charge in [-0.25, -0.2) is 0 Å². The highest BCUT2D eigenvalue weighted by atomic mass is 14.3. The zero-order chi connectivity index (χ0) is 17.5. The van der Waals surface area contributed by atoms with Crippen molar-refractivity contribution < 1.29 is 0 Å². The summed E-state index contributed by atoms with van der Waals surface area (Å²) in [6, 6.07) is 26.6. The van der Waals surface area contributed by atoms with Crippen LogP contribution in [0.25, 0.3) is 34.4 Å². The molecule has 0 aliphatic heterocycles. The maximum absolute atomic E-state index is 2.41. The zero-order valence-corrected chi connectivity index (χ0v) is 14.8. The molecule has 0 unspecified atom stereocenters. The Morgan fingerprint density at radius 2 is 1.41 bits per heavy atom. The van der Waals surface area contributed by atoms with E-state index in [0.717, 1.165) is 6.42 Å². The molecule has 0 amide bonds. The largest absolute Gasteiger partial charge is 0.0619 e. The predicted octanol–water partition coefficient (Wildman–Crippen LogP) is 4.50. The molecule has 3 aliphatic rings. The zero-order valence-electron chi connectivity index (χ0n) is 14.8. The molecule has 0 atom stereocenters. The van der Waals surface area contributed by atoms with Crippen molar-refractivity contribution in [1.82, 2.24) is 0 Å². The SMILES string of the molecule is C1=c2c3c(c4c(c2-c2ccccc21)C=c1ccccc1=4)-c1ccccc1C3. The summed E-state index contributed by atoms with van der Waals surface area (Å²) in [5.74, 6) is 0. The Balaban J connectivity index is 1.80. The lowest BCUT2D eigenvalue weighted by molar-refractivity contribution is 1.24. The van der Waals surface area contributed by atoms with Crippen molar-refractivity contribution in [2.45, 2.75) is 6.42 Å². The third kappa shape index (κ3) is 1.60. The molecule has 0 radical (unpaired) electrons. The third-order valence-electron chi connectivity index (χ3n) is 6.40. The number of fused-ring (bicyclic) bond motifs is 11. The summed E-state index contributed by atoms with van der Waals surface area (Å²) in [7, 11) is 0. The molecule has 0 fully saturated rings. The lowest BCUT2D eigenvalue weighted by Gasteiger charge is -2.11. The molecular weight excluding hydrogens is 324 g/mol. The first-order valence-corrected chi connectivity index (χ1v) is 9.59. The van der Waals surface area contributed by atoms with Gasteiger partial charge in [0.2, 0.25) is 0 Å². The smallest absolute Gasteiger partial charge is 0.000704 e. The predicted molar refractivity (Wildman–Crippen MR) is 111 cm³/mol. The van der Waals surface area contributed by atoms with Crippen LogP contribution in [0.5, 0.6) is 0 Å². The molecule has 0 aromatic heterocycles. The van der Waals surface area contributed by atoms with Gasteiger partial charge >= 0.3 is 0 Å². The summed E-state index contributed by atoms with van der Waals surface area (Å²) in [6.07, 6.45) is 5.85. The number of benzene rings is 4. The van der Waals surface area contributed by atoms with Crippen molar-refractivity contribution in [2.24, 2.45) is 0 Å². The lowest BCUT2D eigenvalue weighted by atomic mass is 9.92. The Hall–Kier alpha value is -3.38. The van der Waals surface area contributed by atoms with Crippen LogP contribution in [0.15, 0.2) is 72.8 Å². The van der Waals surface area contributed by atoms with Gasteiger partial charge in [0, 0.05) is 0 Å². The van der Waals surface area contributed by atoms with Gasteiger partial charge in [-0.15, -0.1) is 0 Å². The normalized spacial score (nSPS) is 13.6. The molecule has 0 spiro atoms. The first kappa shape index (κ1) is 13.8. The second kappa shape index (κ2) is 4.66. The quantitative estimate of drug-likeness (QED) is 0.381. The van der Waals surface area contributed by atoms with Gasteiger partial charge < -0.3 is 0 Å². The van der Waals surface area contributed by atoms with E-state index in [0.29, 0.717) is 0 Å². The molecule has 7 rings (SSSR count). The van der Waals surface area contributed by atoms with Crippen molar-refractivity contribution in [3.05, 3.63) is 116 Å². The van der Waals surface area contributed by atoms with Gasteiger partial charge in [-0.05, 0) is 84.0 Å². The minimum absolute atomic E-state index is 1.04. The van der Waals surface area contributed by atoms with Crippen LogP contribution >= 0.6 is 0 Å². The first-order chi connectivity index (χ1) is 13.4. The topological polar surface area (TPSA) is 0 Å². The Morgan fingerprint density at radius 3 is 2.37 bits per heavy atom. The fourth-order valence-corrected chi connectivity index (χ4v) is 5.32. The van der Waals surface area contributed by atoms with E-state index < -0.39 is 0 Å². The van der Waals surface area contributed by atoms with Crippen molar-refractivity contribution in [3.8, 4) is 22.3 Å². The van der Waals surface area contributed by atoms with E-state index in [1.54, 1.807) is 0 Å². The highest BCUT2D eigenvalue weighted by molar-refractivity contribution is 5.94. The maximum Gasteiger partial charge on any atom is -0.000704 e. The molecule has 0 heteroatoms. The van der Waals surface area contributed by atoms with E-state index in [-0.39, 0.29) is 0 Å². The van der Waals surface area contributed by atoms with Crippen LogP contribution in [0.2, 0.25) is 0 Å². The summed E-state index contributed by atoms with van der Waals surface area (Å²) in [4.78, 5) is 0. The Morgan fingerprint density at radius 1 is 0.630 bits per heavy atom. The highest BCUT2D eigenvalue weighted by Crippen LogP contribution is 2.42. The lowest BCUT2D eigenvalue weighted by Crippen LogP contribution is -2.11.